The van der Waals surface area contributed by atoms with E-state index in [0.717, 1.165) is 41.7 Å². The highest BCUT2D eigenvalue weighted by Crippen LogP contribution is 2.44. The van der Waals surface area contributed by atoms with Gasteiger partial charge in [-0.2, -0.15) is 0 Å². The van der Waals surface area contributed by atoms with Gasteiger partial charge in [-0.1, -0.05) is 60.9 Å². The topological polar surface area (TPSA) is 96.8 Å². The molecule has 4 rings (SSSR count). The molecular weight excluding hydrogens is 500 g/mol. The van der Waals surface area contributed by atoms with Crippen LogP contribution in [0, 0.1) is 20.8 Å². The minimum atomic E-state index is -0.922. The molecule has 1 saturated heterocycles. The van der Waals surface area contributed by atoms with E-state index in [4.69, 9.17) is 4.74 Å². The summed E-state index contributed by atoms with van der Waals surface area (Å²) in [7, 11) is 0. The molecule has 1 unspecified atom stereocenters. The van der Waals surface area contributed by atoms with Crippen molar-refractivity contribution < 1.29 is 24.2 Å². The molecule has 1 atom stereocenters. The number of anilines is 1. The fourth-order valence-corrected chi connectivity index (χ4v) is 5.57. The van der Waals surface area contributed by atoms with Gasteiger partial charge in [0, 0.05) is 12.5 Å². The van der Waals surface area contributed by atoms with Crippen LogP contribution in [0.4, 0.5) is 5.13 Å². The van der Waals surface area contributed by atoms with E-state index in [1.807, 2.05) is 26.0 Å². The minimum Gasteiger partial charge on any atom is -0.507 e. The first kappa shape index (κ1) is 27.3. The van der Waals surface area contributed by atoms with E-state index in [0.29, 0.717) is 34.1 Å². The van der Waals surface area contributed by atoms with Crippen LogP contribution in [0.2, 0.25) is 0 Å². The fourth-order valence-electron chi connectivity index (χ4n) is 4.58. The summed E-state index contributed by atoms with van der Waals surface area (Å²) in [5.74, 6) is -1.33. The number of hydrogen-bond donors (Lipinski definition) is 1. The Morgan fingerprint density at radius 1 is 1.08 bits per heavy atom. The van der Waals surface area contributed by atoms with Crippen LogP contribution in [-0.4, -0.2) is 34.2 Å². The Kier molecular flexibility index (Phi) is 8.11. The van der Waals surface area contributed by atoms with Crippen molar-refractivity contribution in [3.8, 4) is 5.75 Å². The zero-order valence-electron chi connectivity index (χ0n) is 22.3. The number of amides is 1. The Labute approximate surface area is 226 Å². The van der Waals surface area contributed by atoms with Crippen molar-refractivity contribution in [2.45, 2.75) is 59.9 Å². The standard InChI is InChI=1S/C30H32N2O5S/c1-6-7-8-15-37-22-13-11-21(12-14-22)25-24(26(34)23-16-17(2)9-10-18(23)3)27(35)29(36)32(25)30-31-19(4)28(38-30)20(5)33/h9-14,16,25,34H,6-8,15H2,1-5H3/b26-24+. The van der Waals surface area contributed by atoms with Crippen molar-refractivity contribution in [2.75, 3.05) is 11.5 Å². The number of carbonyl (C=O) groups is 3. The predicted octanol–water partition coefficient (Wildman–Crippen LogP) is 6.47. The Balaban J connectivity index is 1.84. The molecule has 198 valence electrons. The summed E-state index contributed by atoms with van der Waals surface area (Å²) in [4.78, 5) is 45.2. The molecule has 1 aromatic heterocycles. The van der Waals surface area contributed by atoms with Gasteiger partial charge in [0.1, 0.15) is 11.5 Å². The van der Waals surface area contributed by atoms with E-state index in [2.05, 4.69) is 11.9 Å². The first-order chi connectivity index (χ1) is 18.1. The summed E-state index contributed by atoms with van der Waals surface area (Å²) >= 11 is 1.07. The molecule has 1 amide bonds. The fraction of sp³-hybridized carbons (Fsp3) is 0.333. The quantitative estimate of drug-likeness (QED) is 0.112. The van der Waals surface area contributed by atoms with Gasteiger partial charge in [-0.25, -0.2) is 4.98 Å². The lowest BCUT2D eigenvalue weighted by Crippen LogP contribution is -2.29. The second-order valence-corrected chi connectivity index (χ2v) is 10.6. The van der Waals surface area contributed by atoms with E-state index < -0.39 is 17.7 Å². The van der Waals surface area contributed by atoms with Gasteiger partial charge in [0.2, 0.25) is 0 Å². The van der Waals surface area contributed by atoms with E-state index in [-0.39, 0.29) is 22.2 Å². The Morgan fingerprint density at radius 3 is 2.42 bits per heavy atom. The number of nitrogens with zero attached hydrogens (tertiary/aromatic N) is 2. The number of unbranched alkanes of at least 4 members (excludes halogenated alkanes) is 2. The first-order valence-corrected chi connectivity index (χ1v) is 13.6. The molecule has 2 aromatic carbocycles. The molecule has 1 fully saturated rings. The Bertz CT molecular complexity index is 1420. The van der Waals surface area contributed by atoms with Crippen LogP contribution in [0.25, 0.3) is 5.76 Å². The van der Waals surface area contributed by atoms with Gasteiger partial charge in [0.05, 0.1) is 28.8 Å². The number of ether oxygens (including phenoxy) is 1. The second kappa shape index (κ2) is 11.3. The van der Waals surface area contributed by atoms with Crippen molar-refractivity contribution in [3.63, 3.8) is 0 Å². The van der Waals surface area contributed by atoms with Crippen LogP contribution < -0.4 is 9.64 Å². The first-order valence-electron chi connectivity index (χ1n) is 12.7. The highest BCUT2D eigenvalue weighted by Gasteiger charge is 2.48. The normalized spacial score (nSPS) is 16.8. The number of thiazole rings is 1. The maximum atomic E-state index is 13.5. The van der Waals surface area contributed by atoms with Crippen molar-refractivity contribution >= 4 is 39.7 Å². The van der Waals surface area contributed by atoms with Crippen molar-refractivity contribution in [1.29, 1.82) is 0 Å². The maximum Gasteiger partial charge on any atom is 0.301 e. The molecule has 0 bridgehead atoms. The predicted molar refractivity (Wildman–Crippen MR) is 149 cm³/mol. The third-order valence-corrected chi connectivity index (χ3v) is 7.87. The van der Waals surface area contributed by atoms with Gasteiger partial charge in [-0.15, -0.1) is 0 Å². The Morgan fingerprint density at radius 2 is 1.79 bits per heavy atom. The molecule has 7 nitrogen and oxygen atoms in total. The lowest BCUT2D eigenvalue weighted by molar-refractivity contribution is -0.132. The molecule has 8 heteroatoms. The van der Waals surface area contributed by atoms with Gasteiger partial charge >= 0.3 is 5.91 Å². The number of aryl methyl sites for hydroxylation is 3. The molecule has 1 aliphatic heterocycles. The SMILES string of the molecule is CCCCCOc1ccc(C2/C(=C(\O)c3cc(C)ccc3C)C(=O)C(=O)N2c2nc(C)c(C(C)=O)s2)cc1. The summed E-state index contributed by atoms with van der Waals surface area (Å²) in [6, 6.07) is 11.8. The van der Waals surface area contributed by atoms with E-state index in [9.17, 15) is 19.5 Å². The summed E-state index contributed by atoms with van der Waals surface area (Å²) in [6.07, 6.45) is 3.14. The summed E-state index contributed by atoms with van der Waals surface area (Å²) < 4.78 is 5.84. The molecule has 0 aliphatic carbocycles. The third-order valence-electron chi connectivity index (χ3n) is 6.62. The number of aliphatic hydroxyl groups is 1. The van der Waals surface area contributed by atoms with Gasteiger partial charge in [0.15, 0.2) is 10.9 Å². The maximum absolute atomic E-state index is 13.5. The number of aliphatic hydroxyl groups excluding tert-OH is 1. The minimum absolute atomic E-state index is 0.0162. The number of ketones is 2. The largest absolute Gasteiger partial charge is 0.507 e. The van der Waals surface area contributed by atoms with E-state index >= 15 is 0 Å². The average molecular weight is 533 g/mol. The van der Waals surface area contributed by atoms with Crippen LogP contribution >= 0.6 is 11.3 Å². The molecule has 3 aromatic rings. The lowest BCUT2D eigenvalue weighted by atomic mass is 9.93. The summed E-state index contributed by atoms with van der Waals surface area (Å²) in [6.45, 7) is 9.61. The van der Waals surface area contributed by atoms with Crippen LogP contribution in [0.1, 0.15) is 76.8 Å². The Hall–Kier alpha value is -3.78. The number of Topliss-reactive ketones (excluding diaryl/α,β-unsaturated/α-hetero) is 2. The van der Waals surface area contributed by atoms with Crippen LogP contribution in [-0.2, 0) is 9.59 Å². The average Bonchev–Trinajstić information content (AvgIpc) is 3.40. The molecular formula is C30H32N2O5S. The van der Waals surface area contributed by atoms with Crippen LogP contribution in [0.3, 0.4) is 0 Å². The second-order valence-electron chi connectivity index (χ2n) is 9.58. The number of benzene rings is 2. The number of rotatable bonds is 9. The smallest absolute Gasteiger partial charge is 0.301 e. The third kappa shape index (κ3) is 5.27. The molecule has 0 saturated carbocycles. The summed E-state index contributed by atoms with van der Waals surface area (Å²) in [5.41, 5.74) is 3.27. The van der Waals surface area contributed by atoms with Gasteiger partial charge in [-0.05, 0) is 56.5 Å². The lowest BCUT2D eigenvalue weighted by Gasteiger charge is -2.23. The summed E-state index contributed by atoms with van der Waals surface area (Å²) in [5, 5.41) is 11.7. The van der Waals surface area contributed by atoms with Crippen LogP contribution in [0.5, 0.6) is 5.75 Å². The monoisotopic (exact) mass is 532 g/mol. The molecule has 0 spiro atoms. The molecule has 0 radical (unpaired) electrons. The number of aromatic nitrogens is 1. The zero-order chi connectivity index (χ0) is 27.6. The van der Waals surface area contributed by atoms with E-state index in [1.54, 1.807) is 37.3 Å². The number of hydrogen-bond acceptors (Lipinski definition) is 7. The highest BCUT2D eigenvalue weighted by molar-refractivity contribution is 7.18. The van der Waals surface area contributed by atoms with Crippen molar-refractivity contribution in [1.82, 2.24) is 4.98 Å². The zero-order valence-corrected chi connectivity index (χ0v) is 23.1. The number of carbonyl (C=O) groups excluding carboxylic acids is 3. The molecule has 2 heterocycles. The van der Waals surface area contributed by atoms with Crippen LogP contribution in [0.15, 0.2) is 48.0 Å². The van der Waals surface area contributed by atoms with Gasteiger partial charge in [-0.3, -0.25) is 19.3 Å². The molecule has 38 heavy (non-hydrogen) atoms. The molecule has 1 N–H and O–H groups in total. The highest BCUT2D eigenvalue weighted by atomic mass is 32.1. The van der Waals surface area contributed by atoms with E-state index in [1.165, 1.54) is 11.8 Å². The molecule has 1 aliphatic rings. The van der Waals surface area contributed by atoms with Crippen molar-refractivity contribution in [2.24, 2.45) is 0 Å². The van der Waals surface area contributed by atoms with Gasteiger partial charge in [0.25, 0.3) is 5.78 Å². The van der Waals surface area contributed by atoms with Crippen molar-refractivity contribution in [3.05, 3.63) is 80.9 Å². The van der Waals surface area contributed by atoms with Gasteiger partial charge < -0.3 is 9.84 Å².